The van der Waals surface area contributed by atoms with Crippen LogP contribution >= 0.6 is 23.1 Å². The van der Waals surface area contributed by atoms with Gasteiger partial charge in [0.15, 0.2) is 4.80 Å². The zero-order chi connectivity index (χ0) is 34.6. The number of carbonyl (C=O) groups is 1. The van der Waals surface area contributed by atoms with Crippen LogP contribution in [0.3, 0.4) is 0 Å². The Balaban J connectivity index is 1.35. The standard InChI is InChI=1S/C40H34N4O4S2/c1-4-47-32-19-15-28(16-20-32)36-30(24-43(42-36)31-13-9-6-10-14-31)23-34-38(45)44-37(29-17-21-33(49-3)22-18-29)35(26(2)41-40(44)50-34)39(46)48-25-27-11-7-5-8-12-27/h5-24,37H,4,25H2,1-3H3. The highest BCUT2D eigenvalue weighted by Crippen LogP contribution is 2.32. The maximum Gasteiger partial charge on any atom is 0.338 e. The summed E-state index contributed by atoms with van der Waals surface area (Å²) in [5, 5.41) is 4.95. The van der Waals surface area contributed by atoms with E-state index in [1.165, 1.54) is 11.3 Å². The zero-order valence-corrected chi connectivity index (χ0v) is 29.4. The Morgan fingerprint density at radius 1 is 0.940 bits per heavy atom. The third-order valence-corrected chi connectivity index (χ3v) is 10.1. The summed E-state index contributed by atoms with van der Waals surface area (Å²) in [5.41, 5.74) is 5.53. The highest BCUT2D eigenvalue weighted by atomic mass is 32.2. The minimum absolute atomic E-state index is 0.110. The van der Waals surface area contributed by atoms with Gasteiger partial charge in [0.25, 0.3) is 5.56 Å². The molecule has 0 aliphatic carbocycles. The Morgan fingerprint density at radius 2 is 1.64 bits per heavy atom. The molecule has 1 aliphatic rings. The first-order valence-electron chi connectivity index (χ1n) is 16.2. The summed E-state index contributed by atoms with van der Waals surface area (Å²) in [6, 6.07) is 34.4. The number of thioether (sulfide) groups is 1. The molecule has 4 aromatic carbocycles. The molecule has 0 saturated carbocycles. The van der Waals surface area contributed by atoms with Gasteiger partial charge in [0.2, 0.25) is 0 Å². The van der Waals surface area contributed by atoms with E-state index in [1.807, 2.05) is 139 Å². The number of carbonyl (C=O) groups excluding carboxylic acids is 1. The molecular weight excluding hydrogens is 665 g/mol. The molecule has 0 amide bonds. The highest BCUT2D eigenvalue weighted by Gasteiger charge is 2.33. The smallest absolute Gasteiger partial charge is 0.338 e. The van der Waals surface area contributed by atoms with Gasteiger partial charge in [-0.1, -0.05) is 72.0 Å². The highest BCUT2D eigenvalue weighted by molar-refractivity contribution is 7.98. The molecule has 2 aromatic heterocycles. The lowest BCUT2D eigenvalue weighted by Gasteiger charge is -2.25. The normalized spacial score (nSPS) is 14.3. The number of para-hydroxylation sites is 1. The first-order valence-corrected chi connectivity index (χ1v) is 18.2. The SMILES string of the molecule is CCOc1ccc(-c2nn(-c3ccccc3)cc2C=c2sc3n(c2=O)C(c2ccc(SC)cc2)C(C(=O)OCc2ccccc2)=C(C)N=3)cc1. The van der Waals surface area contributed by atoms with Crippen molar-refractivity contribution in [3.8, 4) is 22.7 Å². The average molecular weight is 699 g/mol. The third kappa shape index (κ3) is 6.72. The van der Waals surface area contributed by atoms with Crippen molar-refractivity contribution in [2.45, 2.75) is 31.4 Å². The van der Waals surface area contributed by atoms with Crippen LogP contribution in [0.4, 0.5) is 0 Å². The topological polar surface area (TPSA) is 87.7 Å². The number of aromatic nitrogens is 3. The fraction of sp³-hybridized carbons (Fsp3) is 0.150. The van der Waals surface area contributed by atoms with Crippen LogP contribution in [-0.4, -0.2) is 33.2 Å². The van der Waals surface area contributed by atoms with Crippen molar-refractivity contribution >= 4 is 35.1 Å². The molecule has 8 nitrogen and oxygen atoms in total. The first-order chi connectivity index (χ1) is 24.4. The summed E-state index contributed by atoms with van der Waals surface area (Å²) in [6.07, 6.45) is 5.80. The summed E-state index contributed by atoms with van der Waals surface area (Å²) in [6.45, 7) is 4.43. The number of ether oxygens (including phenoxy) is 2. The Bertz CT molecular complexity index is 2360. The second-order valence-corrected chi connectivity index (χ2v) is 13.5. The van der Waals surface area contributed by atoms with E-state index in [1.54, 1.807) is 23.3 Å². The van der Waals surface area contributed by atoms with E-state index in [9.17, 15) is 9.59 Å². The van der Waals surface area contributed by atoms with Crippen LogP contribution in [0.15, 0.2) is 141 Å². The van der Waals surface area contributed by atoms with E-state index in [0.29, 0.717) is 32.9 Å². The van der Waals surface area contributed by atoms with Crippen LogP contribution in [-0.2, 0) is 16.1 Å². The molecule has 0 bridgehead atoms. The number of fused-ring (bicyclic) bond motifs is 1. The van der Waals surface area contributed by atoms with Crippen LogP contribution in [0.1, 0.15) is 36.6 Å². The summed E-state index contributed by atoms with van der Waals surface area (Å²) in [7, 11) is 0. The number of hydrogen-bond donors (Lipinski definition) is 0. The van der Waals surface area contributed by atoms with Crippen LogP contribution in [0.2, 0.25) is 0 Å². The average Bonchev–Trinajstić information content (AvgIpc) is 3.71. The molecule has 7 rings (SSSR count). The Labute approximate surface area is 297 Å². The van der Waals surface area contributed by atoms with Gasteiger partial charge >= 0.3 is 5.97 Å². The van der Waals surface area contributed by atoms with Crippen LogP contribution in [0.5, 0.6) is 5.75 Å². The predicted molar refractivity (Wildman–Crippen MR) is 198 cm³/mol. The van der Waals surface area contributed by atoms with Crippen LogP contribution in [0, 0.1) is 0 Å². The summed E-state index contributed by atoms with van der Waals surface area (Å²) < 4.78 is 15.4. The molecule has 0 spiro atoms. The Hall–Kier alpha value is -5.45. The first kappa shape index (κ1) is 33.1. The molecule has 0 fully saturated rings. The second-order valence-electron chi connectivity index (χ2n) is 11.6. The molecule has 0 radical (unpaired) electrons. The van der Waals surface area contributed by atoms with Gasteiger partial charge in [-0.2, -0.15) is 5.10 Å². The minimum atomic E-state index is -0.717. The number of thiazole rings is 1. The fourth-order valence-corrected chi connectivity index (χ4v) is 7.38. The van der Waals surface area contributed by atoms with E-state index < -0.39 is 12.0 Å². The molecule has 10 heteroatoms. The molecule has 1 atom stereocenters. The maximum atomic E-state index is 14.5. The largest absolute Gasteiger partial charge is 0.494 e. The van der Waals surface area contributed by atoms with E-state index in [-0.39, 0.29) is 12.2 Å². The molecule has 50 heavy (non-hydrogen) atoms. The lowest BCUT2D eigenvalue weighted by molar-refractivity contribution is -0.140. The van der Waals surface area contributed by atoms with Crippen LogP contribution in [0.25, 0.3) is 23.0 Å². The van der Waals surface area contributed by atoms with Crippen molar-refractivity contribution in [2.75, 3.05) is 12.9 Å². The van der Waals surface area contributed by atoms with E-state index in [2.05, 4.69) is 0 Å². The molecule has 3 heterocycles. The van der Waals surface area contributed by atoms with Gasteiger partial charge in [0.05, 0.1) is 34.1 Å². The van der Waals surface area contributed by atoms with Crippen molar-refractivity contribution in [1.29, 1.82) is 0 Å². The van der Waals surface area contributed by atoms with Gasteiger partial charge in [-0.15, -0.1) is 11.8 Å². The lowest BCUT2D eigenvalue weighted by Crippen LogP contribution is -2.39. The molecule has 250 valence electrons. The van der Waals surface area contributed by atoms with Gasteiger partial charge in [-0.25, -0.2) is 14.5 Å². The predicted octanol–water partition coefficient (Wildman–Crippen LogP) is 6.95. The number of benzene rings is 4. The van der Waals surface area contributed by atoms with Crippen molar-refractivity contribution in [3.05, 3.63) is 163 Å². The monoisotopic (exact) mass is 698 g/mol. The maximum absolute atomic E-state index is 14.5. The third-order valence-electron chi connectivity index (χ3n) is 8.37. The Morgan fingerprint density at radius 3 is 2.32 bits per heavy atom. The van der Waals surface area contributed by atoms with Gasteiger partial charge in [-0.3, -0.25) is 9.36 Å². The number of nitrogens with zero attached hydrogens (tertiary/aromatic N) is 4. The van der Waals surface area contributed by atoms with Gasteiger partial charge in [0.1, 0.15) is 18.1 Å². The second kappa shape index (κ2) is 14.6. The summed E-state index contributed by atoms with van der Waals surface area (Å²) in [4.78, 5) is 34.7. The van der Waals surface area contributed by atoms with Crippen LogP contribution < -0.4 is 19.6 Å². The summed E-state index contributed by atoms with van der Waals surface area (Å²) in [5.74, 6) is 0.262. The number of allylic oxidation sites excluding steroid dienone is 1. The molecule has 6 aromatic rings. The lowest BCUT2D eigenvalue weighted by atomic mass is 9.96. The van der Waals surface area contributed by atoms with Gasteiger partial charge in [0, 0.05) is 22.2 Å². The van der Waals surface area contributed by atoms with Crippen molar-refractivity contribution in [1.82, 2.24) is 14.3 Å². The number of hydrogen-bond acceptors (Lipinski definition) is 8. The van der Waals surface area contributed by atoms with Crippen molar-refractivity contribution in [3.63, 3.8) is 0 Å². The molecular formula is C40H34N4O4S2. The minimum Gasteiger partial charge on any atom is -0.494 e. The number of esters is 1. The van der Waals surface area contributed by atoms with Crippen molar-refractivity contribution < 1.29 is 14.3 Å². The van der Waals surface area contributed by atoms with E-state index in [0.717, 1.165) is 38.6 Å². The summed E-state index contributed by atoms with van der Waals surface area (Å²) >= 11 is 2.92. The molecule has 0 N–H and O–H groups in total. The van der Waals surface area contributed by atoms with Gasteiger partial charge in [-0.05, 0) is 85.8 Å². The van der Waals surface area contributed by atoms with E-state index in [4.69, 9.17) is 19.6 Å². The zero-order valence-electron chi connectivity index (χ0n) is 27.8. The van der Waals surface area contributed by atoms with Gasteiger partial charge < -0.3 is 9.47 Å². The fourth-order valence-electron chi connectivity index (χ4n) is 5.93. The molecule has 1 aliphatic heterocycles. The van der Waals surface area contributed by atoms with Crippen molar-refractivity contribution in [2.24, 2.45) is 4.99 Å². The molecule has 0 saturated heterocycles. The quantitative estimate of drug-likeness (QED) is 0.114. The van der Waals surface area contributed by atoms with E-state index >= 15 is 0 Å². The molecule has 1 unspecified atom stereocenters. The Kier molecular flexibility index (Phi) is 9.64. The number of rotatable bonds is 10.